The minimum atomic E-state index is -4.29. The summed E-state index contributed by atoms with van der Waals surface area (Å²) in [7, 11) is 1.61. The van der Waals surface area contributed by atoms with Gasteiger partial charge in [0.2, 0.25) is 5.91 Å². The number of halogens is 1. The van der Waals surface area contributed by atoms with Gasteiger partial charge in [-0.3, -0.25) is 9.59 Å². The molecule has 2 amide bonds. The average Bonchev–Trinajstić information content (AvgIpc) is 3.21. The minimum Gasteiger partial charge on any atom is -0.490 e. The van der Waals surface area contributed by atoms with Crippen LogP contribution in [0.3, 0.4) is 0 Å². The van der Waals surface area contributed by atoms with Crippen molar-refractivity contribution in [3.05, 3.63) is 70.3 Å². The molecule has 272 valence electrons. The Balaban J connectivity index is 1.51. The summed E-state index contributed by atoms with van der Waals surface area (Å²) in [5.41, 5.74) is 0.179. The van der Waals surface area contributed by atoms with Crippen molar-refractivity contribution in [3.63, 3.8) is 0 Å². The van der Waals surface area contributed by atoms with Gasteiger partial charge in [-0.15, -0.1) is 0 Å². The predicted molar refractivity (Wildman–Crippen MR) is 193 cm³/mol. The van der Waals surface area contributed by atoms with Gasteiger partial charge in [-0.25, -0.2) is 4.72 Å². The number of fused-ring (bicyclic) bond motifs is 4. The van der Waals surface area contributed by atoms with Crippen LogP contribution in [0, 0.1) is 11.3 Å². The van der Waals surface area contributed by atoms with E-state index in [0.29, 0.717) is 49.1 Å². The summed E-state index contributed by atoms with van der Waals surface area (Å²) >= 11 is 6.46. The second kappa shape index (κ2) is 13.8. The molecule has 6 rings (SSSR count). The summed E-state index contributed by atoms with van der Waals surface area (Å²) in [5, 5.41) is 13.0. The van der Waals surface area contributed by atoms with Crippen LogP contribution >= 0.6 is 11.6 Å². The fourth-order valence-corrected chi connectivity index (χ4v) is 9.09. The highest BCUT2D eigenvalue weighted by Crippen LogP contribution is 2.53. The number of hydrogen-bond donors (Lipinski definition) is 2. The fraction of sp³-hybridized carbons (Fsp3) is 0.568. The molecular formula is C37H49ClN4O7S. The minimum absolute atomic E-state index is 0.0990. The average molecular weight is 729 g/mol. The summed E-state index contributed by atoms with van der Waals surface area (Å²) in [5.74, 6) is -0.903. The molecule has 5 atom stereocenters. The van der Waals surface area contributed by atoms with Gasteiger partial charge in [0.1, 0.15) is 5.75 Å². The van der Waals surface area contributed by atoms with E-state index in [0.717, 1.165) is 36.4 Å². The maximum Gasteiger partial charge on any atom is 0.303 e. The van der Waals surface area contributed by atoms with Gasteiger partial charge in [-0.05, 0) is 90.8 Å². The summed E-state index contributed by atoms with van der Waals surface area (Å²) in [6.07, 6.45) is 8.67. The predicted octanol–water partition coefficient (Wildman–Crippen LogP) is 4.16. The monoisotopic (exact) mass is 728 g/mol. The lowest BCUT2D eigenvalue weighted by Gasteiger charge is -2.53. The number of carbonyl (C=O) groups excluding carboxylic acids is 2. The van der Waals surface area contributed by atoms with Crippen molar-refractivity contribution in [2.75, 3.05) is 59.4 Å². The first-order chi connectivity index (χ1) is 23.6. The second-order valence-corrected chi connectivity index (χ2v) is 17.4. The van der Waals surface area contributed by atoms with E-state index in [1.165, 1.54) is 30.1 Å². The zero-order valence-corrected chi connectivity index (χ0v) is 31.1. The highest BCUT2D eigenvalue weighted by Gasteiger charge is 2.50. The van der Waals surface area contributed by atoms with E-state index in [1.54, 1.807) is 32.4 Å². The third-order valence-electron chi connectivity index (χ3n) is 11.5. The number of methoxy groups -OCH3 is 1. The van der Waals surface area contributed by atoms with Crippen molar-refractivity contribution in [2.45, 2.75) is 69.0 Å². The van der Waals surface area contributed by atoms with Crippen LogP contribution in [0.25, 0.3) is 0 Å². The molecule has 2 aromatic rings. The molecule has 2 heterocycles. The molecule has 2 bridgehead atoms. The molecular weight excluding hydrogens is 680 g/mol. The topological polar surface area (TPSA) is 129 Å². The van der Waals surface area contributed by atoms with Gasteiger partial charge in [0.25, 0.3) is 5.91 Å². The lowest BCUT2D eigenvalue weighted by molar-refractivity contribution is -0.148. The first-order valence-electron chi connectivity index (χ1n) is 17.3. The van der Waals surface area contributed by atoms with Crippen molar-refractivity contribution in [2.24, 2.45) is 11.3 Å². The van der Waals surface area contributed by atoms with Crippen LogP contribution < -0.4 is 14.4 Å². The van der Waals surface area contributed by atoms with E-state index in [2.05, 4.69) is 30.0 Å². The van der Waals surface area contributed by atoms with Gasteiger partial charge in [0, 0.05) is 58.3 Å². The number of ether oxygens (including phenoxy) is 2. The van der Waals surface area contributed by atoms with Gasteiger partial charge in [0.15, 0.2) is 5.60 Å². The molecule has 2 aliphatic carbocycles. The summed E-state index contributed by atoms with van der Waals surface area (Å²) in [4.78, 5) is 31.2. The number of aryl methyl sites for hydroxylation is 1. The first-order valence-corrected chi connectivity index (χ1v) is 19.1. The maximum atomic E-state index is 13.9. The number of nitrogens with one attached hydrogen (secondary N) is 1. The second-order valence-electron chi connectivity index (χ2n) is 15.0. The van der Waals surface area contributed by atoms with Gasteiger partial charge < -0.3 is 24.4 Å². The third kappa shape index (κ3) is 6.77. The fourth-order valence-electron chi connectivity index (χ4n) is 8.31. The molecule has 1 saturated carbocycles. The first kappa shape index (κ1) is 36.6. The molecule has 1 spiro atoms. The summed E-state index contributed by atoms with van der Waals surface area (Å²) < 4.78 is 41.2. The Morgan fingerprint density at radius 2 is 1.94 bits per heavy atom. The van der Waals surface area contributed by atoms with Crippen LogP contribution in [0.5, 0.6) is 5.75 Å². The number of nitrogens with zero attached hydrogens (tertiary/aromatic N) is 3. The van der Waals surface area contributed by atoms with Gasteiger partial charge >= 0.3 is 10.2 Å². The summed E-state index contributed by atoms with van der Waals surface area (Å²) in [6, 6.07) is 11.1. The molecule has 1 unspecified atom stereocenters. The Labute approximate surface area is 300 Å². The number of carbonyl (C=O) groups is 2. The molecule has 2 aliphatic heterocycles. The highest BCUT2D eigenvalue weighted by molar-refractivity contribution is 7.87. The Bertz CT molecular complexity index is 1790. The zero-order valence-electron chi connectivity index (χ0n) is 29.6. The molecule has 1 fully saturated rings. The summed E-state index contributed by atoms with van der Waals surface area (Å²) in [6.45, 7) is 4.31. The number of amides is 2. The maximum absolute atomic E-state index is 13.9. The number of benzene rings is 2. The molecule has 0 saturated heterocycles. The smallest absolute Gasteiger partial charge is 0.303 e. The van der Waals surface area contributed by atoms with E-state index >= 15 is 0 Å². The Morgan fingerprint density at radius 1 is 1.16 bits per heavy atom. The van der Waals surface area contributed by atoms with E-state index in [4.69, 9.17) is 21.1 Å². The molecule has 4 aliphatic rings. The van der Waals surface area contributed by atoms with Gasteiger partial charge in [-0.2, -0.15) is 12.7 Å². The van der Waals surface area contributed by atoms with E-state index in [9.17, 15) is 23.1 Å². The molecule has 2 N–H and O–H groups in total. The van der Waals surface area contributed by atoms with E-state index in [1.807, 2.05) is 16.9 Å². The van der Waals surface area contributed by atoms with Gasteiger partial charge in [-0.1, -0.05) is 42.8 Å². The number of rotatable bonds is 4. The lowest BCUT2D eigenvalue weighted by Crippen LogP contribution is -2.54. The number of anilines is 1. The van der Waals surface area contributed by atoms with Crippen molar-refractivity contribution in [1.82, 2.24) is 13.9 Å². The molecule has 0 aromatic heterocycles. The molecule has 50 heavy (non-hydrogen) atoms. The molecule has 13 heteroatoms. The van der Waals surface area contributed by atoms with Crippen LogP contribution in [0.4, 0.5) is 5.69 Å². The Morgan fingerprint density at radius 3 is 2.64 bits per heavy atom. The van der Waals surface area contributed by atoms with Crippen LogP contribution in [0.15, 0.2) is 48.6 Å². The number of aliphatic hydroxyl groups is 1. The van der Waals surface area contributed by atoms with Crippen LogP contribution in [0.2, 0.25) is 5.02 Å². The normalized spacial score (nSPS) is 30.2. The van der Waals surface area contributed by atoms with Crippen LogP contribution in [-0.4, -0.2) is 95.1 Å². The van der Waals surface area contributed by atoms with E-state index < -0.39 is 34.0 Å². The van der Waals surface area contributed by atoms with Gasteiger partial charge in [0.05, 0.1) is 24.8 Å². The van der Waals surface area contributed by atoms with E-state index in [-0.39, 0.29) is 28.4 Å². The van der Waals surface area contributed by atoms with Crippen molar-refractivity contribution >= 4 is 39.3 Å². The standard InChI is InChI=1S/C37H49ClN4O7S/c1-35-17-15-29(35)31(48-5)10-6-7-18-41(4)33(43)21-37(45,34(44)39-50(46,47)40(2)3)26-11-14-32-30(20-26)42(22-35)23-36(24-49-32)16-8-9-25-19-27(38)12-13-28(25)36/h6,10-14,19-20,29,31,45H,7-9,15-18,21-24H2,1-5H3,(H,39,44)/t29-,31-,35?,36-,37+/m0/s1. The van der Waals surface area contributed by atoms with Crippen molar-refractivity contribution in [1.29, 1.82) is 0 Å². The Kier molecular flexibility index (Phi) is 10.1. The molecule has 0 radical (unpaired) electrons. The number of hydrogen-bond acceptors (Lipinski definition) is 8. The Hall–Kier alpha value is -3.16. The quantitative estimate of drug-likeness (QED) is 0.450. The molecule has 2 aromatic carbocycles. The van der Waals surface area contributed by atoms with Crippen molar-refractivity contribution < 1.29 is 32.6 Å². The largest absolute Gasteiger partial charge is 0.490 e. The third-order valence-corrected chi connectivity index (χ3v) is 13.2. The SMILES string of the molecule is CO[C@H]1C=CCCN(C)C(=O)C[C@](O)(C(=O)NS(=O)(=O)N(C)C)c2ccc3c(c2)N(CC2(C)CC[C@@H]12)C[C@@]1(CCCc2cc(Cl)ccc21)CO3. The van der Waals surface area contributed by atoms with Crippen LogP contribution in [-0.2, 0) is 42.0 Å². The van der Waals surface area contributed by atoms with Crippen molar-refractivity contribution in [3.8, 4) is 5.75 Å². The zero-order chi connectivity index (χ0) is 36.1. The van der Waals surface area contributed by atoms with Crippen LogP contribution in [0.1, 0.15) is 62.1 Å². The molecule has 11 nitrogen and oxygen atoms in total. The highest BCUT2D eigenvalue weighted by atomic mass is 35.5. The lowest BCUT2D eigenvalue weighted by atomic mass is 9.58.